The fourth-order valence-electron chi connectivity index (χ4n) is 0.811. The van der Waals surface area contributed by atoms with Crippen molar-refractivity contribution in [3.63, 3.8) is 0 Å². The minimum absolute atomic E-state index is 0.586. The van der Waals surface area contributed by atoms with Gasteiger partial charge in [0.15, 0.2) is 0 Å². The van der Waals surface area contributed by atoms with Crippen molar-refractivity contribution in [3.8, 4) is 0 Å². The van der Waals surface area contributed by atoms with Crippen LogP contribution < -0.4 is 0 Å². The highest BCUT2D eigenvalue weighted by atomic mass is 32.1. The van der Waals surface area contributed by atoms with E-state index in [1.54, 1.807) is 4.68 Å². The number of aryl methyl sites for hydroxylation is 2. The van der Waals surface area contributed by atoms with E-state index >= 15 is 0 Å². The first-order valence-electron chi connectivity index (χ1n) is 2.85. The average molecular weight is 172 g/mol. The molecule has 54 valence electrons. The molecule has 0 aliphatic heterocycles. The first kappa shape index (κ1) is 7.75. The van der Waals surface area contributed by atoms with Crippen LogP contribution in [0.4, 0.5) is 0 Å². The lowest BCUT2D eigenvalue weighted by atomic mass is 10.4. The van der Waals surface area contributed by atoms with Crippen LogP contribution in [0.25, 0.3) is 0 Å². The molecule has 4 heteroatoms. The molecule has 1 heterocycles. The van der Waals surface area contributed by atoms with E-state index in [0.29, 0.717) is 4.20 Å². The Morgan fingerprint density at radius 1 is 1.80 bits per heavy atom. The fraction of sp³-hybridized carbons (Fsp3) is 0.333. The summed E-state index contributed by atoms with van der Waals surface area (Å²) in [7, 11) is 1.85. The second-order valence-corrected chi connectivity index (χ2v) is 3.26. The zero-order chi connectivity index (χ0) is 7.72. The molecule has 0 radical (unpaired) electrons. The molecule has 1 aromatic rings. The van der Waals surface area contributed by atoms with E-state index in [1.807, 2.05) is 20.0 Å². The maximum Gasteiger partial charge on any atom is 0.0929 e. The van der Waals surface area contributed by atoms with Crippen LogP contribution >= 0.6 is 24.8 Å². The third-order valence-electron chi connectivity index (χ3n) is 1.22. The second kappa shape index (κ2) is 2.72. The number of nitrogens with zero attached hydrogens (tertiary/aromatic N) is 2. The quantitative estimate of drug-likeness (QED) is 0.509. The summed E-state index contributed by atoms with van der Waals surface area (Å²) in [6.07, 6.45) is 0. The number of thiocarbonyl (C=S) groups is 1. The van der Waals surface area contributed by atoms with Gasteiger partial charge in [0.2, 0.25) is 0 Å². The molecular weight excluding hydrogens is 164 g/mol. The van der Waals surface area contributed by atoms with Crippen molar-refractivity contribution in [2.24, 2.45) is 7.05 Å². The highest BCUT2D eigenvalue weighted by molar-refractivity contribution is 8.11. The van der Waals surface area contributed by atoms with Crippen LogP contribution in [0.15, 0.2) is 6.07 Å². The first-order valence-corrected chi connectivity index (χ1v) is 3.70. The van der Waals surface area contributed by atoms with E-state index in [0.717, 1.165) is 11.4 Å². The molecule has 0 bridgehead atoms. The maximum absolute atomic E-state index is 4.87. The van der Waals surface area contributed by atoms with Crippen LogP contribution in [-0.4, -0.2) is 14.0 Å². The normalized spacial score (nSPS) is 9.90. The van der Waals surface area contributed by atoms with Crippen molar-refractivity contribution in [1.82, 2.24) is 9.78 Å². The summed E-state index contributed by atoms with van der Waals surface area (Å²) in [4.78, 5) is 0. The van der Waals surface area contributed by atoms with Crippen molar-refractivity contribution < 1.29 is 0 Å². The Hall–Kier alpha value is -0.350. The SMILES string of the molecule is Cc1cc(C(=S)S)n(C)n1. The number of thiol groups is 1. The van der Waals surface area contributed by atoms with E-state index in [-0.39, 0.29) is 0 Å². The Bertz CT molecular complexity index is 265. The Balaban J connectivity index is 3.15. The third-order valence-corrected chi connectivity index (χ3v) is 1.66. The van der Waals surface area contributed by atoms with Gasteiger partial charge in [-0.15, -0.1) is 12.6 Å². The van der Waals surface area contributed by atoms with Crippen LogP contribution in [0.2, 0.25) is 0 Å². The molecule has 0 amide bonds. The number of hydrogen-bond acceptors (Lipinski definition) is 2. The van der Waals surface area contributed by atoms with Crippen LogP contribution in [-0.2, 0) is 7.05 Å². The standard InChI is InChI=1S/C6H8N2S2/c1-4-3-5(6(9)10)8(2)7-4/h3H,1-2H3,(H,9,10). The molecule has 2 nitrogen and oxygen atoms in total. The minimum Gasteiger partial charge on any atom is -0.266 e. The van der Waals surface area contributed by atoms with Gasteiger partial charge in [0.25, 0.3) is 0 Å². The van der Waals surface area contributed by atoms with Gasteiger partial charge in [-0.3, -0.25) is 4.68 Å². The molecule has 1 rings (SSSR count). The Labute approximate surface area is 70.6 Å². The highest BCUT2D eigenvalue weighted by Crippen LogP contribution is 2.05. The van der Waals surface area contributed by atoms with E-state index in [4.69, 9.17) is 12.2 Å². The average Bonchev–Trinajstić information content (AvgIpc) is 2.10. The largest absolute Gasteiger partial charge is 0.266 e. The molecule has 1 aromatic heterocycles. The molecule has 0 atom stereocenters. The Morgan fingerprint density at radius 2 is 2.40 bits per heavy atom. The number of rotatable bonds is 1. The molecular formula is C6H8N2S2. The van der Waals surface area contributed by atoms with Crippen molar-refractivity contribution in [2.45, 2.75) is 6.92 Å². The summed E-state index contributed by atoms with van der Waals surface area (Å²) in [5.41, 5.74) is 1.87. The summed E-state index contributed by atoms with van der Waals surface area (Å²) in [6, 6.07) is 1.91. The van der Waals surface area contributed by atoms with Gasteiger partial charge in [0.1, 0.15) is 0 Å². The van der Waals surface area contributed by atoms with Gasteiger partial charge in [-0.25, -0.2) is 0 Å². The number of hydrogen-bond donors (Lipinski definition) is 1. The lowest BCUT2D eigenvalue weighted by Crippen LogP contribution is -1.99. The van der Waals surface area contributed by atoms with E-state index in [2.05, 4.69) is 17.7 Å². The monoisotopic (exact) mass is 172 g/mol. The molecule has 10 heavy (non-hydrogen) atoms. The lowest BCUT2D eigenvalue weighted by Gasteiger charge is -1.94. The molecule has 0 aliphatic rings. The van der Waals surface area contributed by atoms with Crippen molar-refractivity contribution >= 4 is 29.0 Å². The van der Waals surface area contributed by atoms with Crippen molar-refractivity contribution in [3.05, 3.63) is 17.5 Å². The molecule has 0 aromatic carbocycles. The van der Waals surface area contributed by atoms with Gasteiger partial charge in [-0.2, -0.15) is 5.10 Å². The predicted molar refractivity (Wildman–Crippen MR) is 48.6 cm³/mol. The van der Waals surface area contributed by atoms with Gasteiger partial charge in [-0.1, -0.05) is 12.2 Å². The van der Waals surface area contributed by atoms with Crippen molar-refractivity contribution in [2.75, 3.05) is 0 Å². The van der Waals surface area contributed by atoms with Gasteiger partial charge >= 0.3 is 0 Å². The smallest absolute Gasteiger partial charge is 0.0929 e. The summed E-state index contributed by atoms with van der Waals surface area (Å²) in [5, 5.41) is 4.11. The zero-order valence-corrected chi connectivity index (χ0v) is 7.54. The zero-order valence-electron chi connectivity index (χ0n) is 5.83. The maximum atomic E-state index is 4.87. The summed E-state index contributed by atoms with van der Waals surface area (Å²) >= 11 is 8.91. The summed E-state index contributed by atoms with van der Waals surface area (Å²) in [6.45, 7) is 1.93. The predicted octanol–water partition coefficient (Wildman–Crippen LogP) is 1.33. The Kier molecular flexibility index (Phi) is 2.11. The van der Waals surface area contributed by atoms with Crippen LogP contribution in [0.5, 0.6) is 0 Å². The molecule has 0 spiro atoms. The highest BCUT2D eigenvalue weighted by Gasteiger charge is 2.02. The molecule has 0 fully saturated rings. The van der Waals surface area contributed by atoms with Crippen molar-refractivity contribution in [1.29, 1.82) is 0 Å². The minimum atomic E-state index is 0.586. The summed E-state index contributed by atoms with van der Waals surface area (Å²) in [5.74, 6) is 0. The van der Waals surface area contributed by atoms with Gasteiger partial charge in [0.05, 0.1) is 15.6 Å². The van der Waals surface area contributed by atoms with Gasteiger partial charge < -0.3 is 0 Å². The van der Waals surface area contributed by atoms with E-state index < -0.39 is 0 Å². The molecule has 0 aliphatic carbocycles. The van der Waals surface area contributed by atoms with E-state index in [1.165, 1.54) is 0 Å². The molecule has 0 unspecified atom stereocenters. The van der Waals surface area contributed by atoms with Crippen LogP contribution in [0.3, 0.4) is 0 Å². The van der Waals surface area contributed by atoms with Gasteiger partial charge in [0, 0.05) is 7.05 Å². The lowest BCUT2D eigenvalue weighted by molar-refractivity contribution is 0.752. The van der Waals surface area contributed by atoms with Crippen LogP contribution in [0, 0.1) is 6.92 Å². The topological polar surface area (TPSA) is 17.8 Å². The summed E-state index contributed by atoms with van der Waals surface area (Å²) < 4.78 is 2.31. The molecule has 0 saturated heterocycles. The third kappa shape index (κ3) is 1.38. The number of aromatic nitrogens is 2. The van der Waals surface area contributed by atoms with E-state index in [9.17, 15) is 0 Å². The Morgan fingerprint density at radius 3 is 2.60 bits per heavy atom. The molecule has 0 N–H and O–H groups in total. The second-order valence-electron chi connectivity index (χ2n) is 2.10. The van der Waals surface area contributed by atoms with Crippen LogP contribution in [0.1, 0.15) is 11.4 Å². The molecule has 0 saturated carbocycles. The fourth-order valence-corrected chi connectivity index (χ4v) is 1.21. The first-order chi connectivity index (χ1) is 4.61. The van der Waals surface area contributed by atoms with Gasteiger partial charge in [-0.05, 0) is 13.0 Å².